The fraction of sp³-hybridized carbons (Fsp3) is 0.263. The van der Waals surface area contributed by atoms with Gasteiger partial charge in [0.1, 0.15) is 0 Å². The van der Waals surface area contributed by atoms with Crippen LogP contribution in [-0.4, -0.2) is 23.5 Å². The Labute approximate surface area is 146 Å². The van der Waals surface area contributed by atoms with E-state index in [1.54, 1.807) is 30.3 Å². The van der Waals surface area contributed by atoms with Gasteiger partial charge in [-0.1, -0.05) is 35.9 Å². The highest BCUT2D eigenvalue weighted by molar-refractivity contribution is 6.30. The second kappa shape index (κ2) is 7.49. The maximum Gasteiger partial charge on any atom is 0.335 e. The smallest absolute Gasteiger partial charge is 0.335 e. The number of carboxylic acids is 1. The Morgan fingerprint density at radius 1 is 1.12 bits per heavy atom. The van der Waals surface area contributed by atoms with Crippen molar-refractivity contribution < 1.29 is 14.7 Å². The summed E-state index contributed by atoms with van der Waals surface area (Å²) in [6.45, 7) is 4.16. The van der Waals surface area contributed by atoms with Gasteiger partial charge in [0.15, 0.2) is 0 Å². The van der Waals surface area contributed by atoms with Crippen LogP contribution in [0.15, 0.2) is 48.5 Å². The van der Waals surface area contributed by atoms with Gasteiger partial charge in [0.2, 0.25) is 5.91 Å². The lowest BCUT2D eigenvalue weighted by Gasteiger charge is -2.24. The number of aromatic carboxylic acids is 1. The van der Waals surface area contributed by atoms with E-state index < -0.39 is 11.4 Å². The molecule has 0 atom stereocenters. The molecular formula is C19H20ClNO3. The minimum atomic E-state index is -0.954. The number of carboxylic acid groups (broad SMARTS) is 1. The molecule has 1 amide bonds. The summed E-state index contributed by atoms with van der Waals surface area (Å²) < 4.78 is 0. The third kappa shape index (κ3) is 4.36. The van der Waals surface area contributed by atoms with Gasteiger partial charge in [-0.2, -0.15) is 0 Å². The normalized spacial score (nSPS) is 11.1. The molecule has 2 rings (SSSR count). The molecule has 24 heavy (non-hydrogen) atoms. The molecule has 2 aromatic rings. The van der Waals surface area contributed by atoms with E-state index in [1.165, 1.54) is 0 Å². The molecule has 0 aromatic heterocycles. The highest BCUT2D eigenvalue weighted by Gasteiger charge is 2.29. The lowest BCUT2D eigenvalue weighted by atomic mass is 9.83. The van der Waals surface area contributed by atoms with Crippen molar-refractivity contribution in [2.24, 2.45) is 0 Å². The van der Waals surface area contributed by atoms with Crippen molar-refractivity contribution in [3.05, 3.63) is 70.2 Å². The third-order valence-electron chi connectivity index (χ3n) is 4.01. The Hall–Kier alpha value is -2.33. The average Bonchev–Trinajstić information content (AvgIpc) is 2.55. The van der Waals surface area contributed by atoms with Gasteiger partial charge >= 0.3 is 5.97 Å². The molecule has 0 saturated heterocycles. The number of rotatable bonds is 6. The summed E-state index contributed by atoms with van der Waals surface area (Å²) in [5, 5.41) is 12.5. The van der Waals surface area contributed by atoms with Crippen molar-refractivity contribution in [1.82, 2.24) is 5.32 Å². The van der Waals surface area contributed by atoms with E-state index in [0.717, 1.165) is 11.1 Å². The Kier molecular flexibility index (Phi) is 5.62. The van der Waals surface area contributed by atoms with E-state index in [0.29, 0.717) is 18.0 Å². The van der Waals surface area contributed by atoms with Crippen LogP contribution in [0, 0.1) is 0 Å². The summed E-state index contributed by atoms with van der Waals surface area (Å²) in [4.78, 5) is 23.4. The standard InChI is InChI=1S/C19H20ClNO3/c1-19(2,15-6-8-16(20)9-7-15)18(24)21-11-10-13-4-3-5-14(12-13)17(22)23/h3-9,12H,10-11H2,1-2H3,(H,21,24)(H,22,23). The van der Waals surface area contributed by atoms with Gasteiger partial charge < -0.3 is 10.4 Å². The number of halogens is 1. The predicted octanol–water partition coefficient (Wildman–Crippen LogP) is 3.67. The zero-order valence-electron chi connectivity index (χ0n) is 13.7. The van der Waals surface area contributed by atoms with Crippen molar-refractivity contribution in [3.63, 3.8) is 0 Å². The van der Waals surface area contributed by atoms with Gasteiger partial charge in [-0.05, 0) is 55.7 Å². The molecule has 4 nitrogen and oxygen atoms in total. The van der Waals surface area contributed by atoms with E-state index in [9.17, 15) is 9.59 Å². The Morgan fingerprint density at radius 3 is 2.42 bits per heavy atom. The molecule has 2 aromatic carbocycles. The largest absolute Gasteiger partial charge is 0.478 e. The van der Waals surface area contributed by atoms with Gasteiger partial charge in [-0.3, -0.25) is 4.79 Å². The predicted molar refractivity (Wildman–Crippen MR) is 94.6 cm³/mol. The van der Waals surface area contributed by atoms with Crippen LogP contribution < -0.4 is 5.32 Å². The summed E-state index contributed by atoms with van der Waals surface area (Å²) >= 11 is 5.89. The molecule has 0 saturated carbocycles. The summed E-state index contributed by atoms with van der Waals surface area (Å²) in [6.07, 6.45) is 0.573. The molecule has 126 valence electrons. The molecule has 0 radical (unpaired) electrons. The number of hydrogen-bond donors (Lipinski definition) is 2. The fourth-order valence-electron chi connectivity index (χ4n) is 2.40. The van der Waals surface area contributed by atoms with E-state index in [2.05, 4.69) is 5.32 Å². The first kappa shape index (κ1) is 18.0. The number of nitrogens with one attached hydrogen (secondary N) is 1. The van der Waals surface area contributed by atoms with Crippen LogP contribution in [0.25, 0.3) is 0 Å². The molecule has 0 unspecified atom stereocenters. The maximum atomic E-state index is 12.5. The number of amides is 1. The summed E-state index contributed by atoms with van der Waals surface area (Å²) in [6, 6.07) is 14.0. The highest BCUT2D eigenvalue weighted by atomic mass is 35.5. The first-order chi connectivity index (χ1) is 11.3. The molecule has 0 fully saturated rings. The van der Waals surface area contributed by atoms with Crippen LogP contribution in [0.5, 0.6) is 0 Å². The van der Waals surface area contributed by atoms with Gasteiger partial charge in [0.05, 0.1) is 11.0 Å². The zero-order valence-corrected chi connectivity index (χ0v) is 14.4. The quantitative estimate of drug-likeness (QED) is 0.839. The molecule has 5 heteroatoms. The molecule has 0 aliphatic carbocycles. The molecule has 0 aliphatic rings. The van der Waals surface area contributed by atoms with Crippen molar-refractivity contribution in [2.45, 2.75) is 25.7 Å². The lowest BCUT2D eigenvalue weighted by Crippen LogP contribution is -2.40. The van der Waals surface area contributed by atoms with Gasteiger partial charge in [0.25, 0.3) is 0 Å². The van der Waals surface area contributed by atoms with Crippen LogP contribution in [0.4, 0.5) is 0 Å². The van der Waals surface area contributed by atoms with Gasteiger partial charge in [-0.15, -0.1) is 0 Å². The van der Waals surface area contributed by atoms with Crippen molar-refractivity contribution in [1.29, 1.82) is 0 Å². The molecular weight excluding hydrogens is 326 g/mol. The Morgan fingerprint density at radius 2 is 1.79 bits per heavy atom. The molecule has 0 aliphatic heterocycles. The van der Waals surface area contributed by atoms with Gasteiger partial charge in [-0.25, -0.2) is 4.79 Å². The van der Waals surface area contributed by atoms with Crippen LogP contribution in [0.1, 0.15) is 35.3 Å². The van der Waals surface area contributed by atoms with E-state index >= 15 is 0 Å². The SMILES string of the molecule is CC(C)(C(=O)NCCc1cccc(C(=O)O)c1)c1ccc(Cl)cc1. The van der Waals surface area contributed by atoms with E-state index in [-0.39, 0.29) is 11.5 Å². The van der Waals surface area contributed by atoms with Crippen LogP contribution in [0.3, 0.4) is 0 Å². The topological polar surface area (TPSA) is 66.4 Å². The van der Waals surface area contributed by atoms with Crippen LogP contribution in [0.2, 0.25) is 5.02 Å². The minimum absolute atomic E-state index is 0.0841. The third-order valence-corrected chi connectivity index (χ3v) is 4.26. The molecule has 0 spiro atoms. The van der Waals surface area contributed by atoms with E-state index in [4.69, 9.17) is 16.7 Å². The summed E-state index contributed by atoms with van der Waals surface area (Å²) in [5.41, 5.74) is 1.34. The van der Waals surface area contributed by atoms with Crippen LogP contribution in [-0.2, 0) is 16.6 Å². The van der Waals surface area contributed by atoms with Crippen molar-refractivity contribution in [3.8, 4) is 0 Å². The summed E-state index contributed by atoms with van der Waals surface area (Å²) in [7, 11) is 0. The second-order valence-corrected chi connectivity index (χ2v) is 6.58. The van der Waals surface area contributed by atoms with E-state index in [1.807, 2.05) is 32.0 Å². The number of carbonyl (C=O) groups excluding carboxylic acids is 1. The van der Waals surface area contributed by atoms with Crippen molar-refractivity contribution >= 4 is 23.5 Å². The Bertz CT molecular complexity index is 739. The zero-order chi connectivity index (χ0) is 17.7. The lowest BCUT2D eigenvalue weighted by molar-refractivity contribution is -0.125. The van der Waals surface area contributed by atoms with Crippen LogP contribution >= 0.6 is 11.6 Å². The van der Waals surface area contributed by atoms with Crippen molar-refractivity contribution in [2.75, 3.05) is 6.54 Å². The molecule has 0 heterocycles. The summed E-state index contributed by atoms with van der Waals surface area (Å²) in [5.74, 6) is -1.04. The Balaban J connectivity index is 1.96. The van der Waals surface area contributed by atoms with Gasteiger partial charge in [0, 0.05) is 11.6 Å². The fourth-order valence-corrected chi connectivity index (χ4v) is 2.52. The minimum Gasteiger partial charge on any atom is -0.478 e. The molecule has 2 N–H and O–H groups in total. The number of benzene rings is 2. The number of hydrogen-bond acceptors (Lipinski definition) is 2. The maximum absolute atomic E-state index is 12.5. The average molecular weight is 346 g/mol. The highest BCUT2D eigenvalue weighted by Crippen LogP contribution is 2.24. The first-order valence-corrected chi connectivity index (χ1v) is 8.05. The first-order valence-electron chi connectivity index (χ1n) is 7.67. The molecule has 0 bridgehead atoms. The monoisotopic (exact) mass is 345 g/mol. The number of carbonyl (C=O) groups is 2. The second-order valence-electron chi connectivity index (χ2n) is 6.14.